The molecular weight excluding hydrogens is 218 g/mol. The Morgan fingerprint density at radius 2 is 2.33 bits per heavy atom. The maximum absolute atomic E-state index is 11.3. The maximum Gasteiger partial charge on any atom is 0.252 e. The van der Waals surface area contributed by atoms with Crippen molar-refractivity contribution in [3.63, 3.8) is 0 Å². The zero-order chi connectivity index (χ0) is 8.97. The molecule has 1 N–H and O–H groups in total. The van der Waals surface area contributed by atoms with E-state index in [4.69, 9.17) is 0 Å². The van der Waals surface area contributed by atoms with Crippen LogP contribution in [0.15, 0.2) is 21.5 Å². The molecule has 0 unspecified atom stereocenters. The third-order valence-electron chi connectivity index (χ3n) is 1.79. The summed E-state index contributed by atoms with van der Waals surface area (Å²) in [6.45, 7) is 2.12. The summed E-state index contributed by atoms with van der Waals surface area (Å²) in [5.74, 6) is 0. The Kier molecular flexibility index (Phi) is 3.53. The predicted octanol–water partition coefficient (Wildman–Crippen LogP) is 2.48. The number of pyridine rings is 1. The van der Waals surface area contributed by atoms with E-state index in [0.29, 0.717) is 0 Å². The van der Waals surface area contributed by atoms with Crippen molar-refractivity contribution in [2.75, 3.05) is 0 Å². The van der Waals surface area contributed by atoms with Crippen LogP contribution in [-0.2, 0) is 6.42 Å². The first-order valence-electron chi connectivity index (χ1n) is 4.11. The van der Waals surface area contributed by atoms with Crippen molar-refractivity contribution < 1.29 is 0 Å². The van der Waals surface area contributed by atoms with Crippen LogP contribution in [0, 0.1) is 0 Å². The topological polar surface area (TPSA) is 32.9 Å². The zero-order valence-corrected chi connectivity index (χ0v) is 8.65. The lowest BCUT2D eigenvalue weighted by molar-refractivity contribution is 0.783. The molecule has 3 heteroatoms. The minimum Gasteiger partial charge on any atom is -0.329 e. The monoisotopic (exact) mass is 229 g/mol. The van der Waals surface area contributed by atoms with Gasteiger partial charge in [-0.3, -0.25) is 4.79 Å². The van der Waals surface area contributed by atoms with Crippen molar-refractivity contribution in [2.24, 2.45) is 0 Å². The molecule has 0 aliphatic carbocycles. The second-order valence-corrected chi connectivity index (χ2v) is 3.59. The highest BCUT2D eigenvalue weighted by Crippen LogP contribution is 2.13. The highest BCUT2D eigenvalue weighted by atomic mass is 79.9. The number of H-pyrrole nitrogens is 1. The highest BCUT2D eigenvalue weighted by Gasteiger charge is 2.02. The largest absolute Gasteiger partial charge is 0.329 e. The summed E-state index contributed by atoms with van der Waals surface area (Å²) in [4.78, 5) is 13.9. The number of rotatable bonds is 3. The number of halogens is 1. The van der Waals surface area contributed by atoms with Crippen LogP contribution in [0.5, 0.6) is 0 Å². The molecule has 2 nitrogen and oxygen atoms in total. The molecule has 1 aromatic heterocycles. The van der Waals surface area contributed by atoms with Crippen LogP contribution < -0.4 is 5.56 Å². The van der Waals surface area contributed by atoms with Gasteiger partial charge < -0.3 is 4.98 Å². The van der Waals surface area contributed by atoms with Gasteiger partial charge in [-0.25, -0.2) is 0 Å². The van der Waals surface area contributed by atoms with E-state index in [1.54, 1.807) is 6.20 Å². The van der Waals surface area contributed by atoms with E-state index in [9.17, 15) is 4.79 Å². The number of aromatic nitrogens is 1. The predicted molar refractivity (Wildman–Crippen MR) is 53.4 cm³/mol. The Labute approximate surface area is 80.1 Å². The smallest absolute Gasteiger partial charge is 0.252 e. The number of hydrogen-bond acceptors (Lipinski definition) is 1. The fraction of sp³-hybridized carbons (Fsp3) is 0.444. The van der Waals surface area contributed by atoms with Crippen molar-refractivity contribution >= 4 is 15.9 Å². The van der Waals surface area contributed by atoms with Crippen LogP contribution in [-0.4, -0.2) is 4.98 Å². The molecule has 12 heavy (non-hydrogen) atoms. The lowest BCUT2D eigenvalue weighted by atomic mass is 10.1. The Balaban J connectivity index is 2.89. The molecule has 0 aromatic carbocycles. The van der Waals surface area contributed by atoms with Crippen molar-refractivity contribution in [2.45, 2.75) is 26.2 Å². The van der Waals surface area contributed by atoms with Gasteiger partial charge in [0, 0.05) is 16.2 Å². The van der Waals surface area contributed by atoms with Crippen molar-refractivity contribution in [3.8, 4) is 0 Å². The molecule has 1 heterocycles. The van der Waals surface area contributed by atoms with Crippen molar-refractivity contribution in [3.05, 3.63) is 32.7 Å². The molecule has 0 bridgehead atoms. The van der Waals surface area contributed by atoms with Gasteiger partial charge in [0.15, 0.2) is 0 Å². The quantitative estimate of drug-likeness (QED) is 0.850. The number of hydrogen-bond donors (Lipinski definition) is 1. The summed E-state index contributed by atoms with van der Waals surface area (Å²) in [6, 6.07) is 1.87. The molecule has 0 aliphatic rings. The van der Waals surface area contributed by atoms with Gasteiger partial charge in [0.1, 0.15) is 0 Å². The first kappa shape index (κ1) is 9.52. The molecule has 0 atom stereocenters. The number of aromatic amines is 1. The number of nitrogens with one attached hydrogen (secondary N) is 1. The lowest BCUT2D eigenvalue weighted by Crippen LogP contribution is -2.12. The van der Waals surface area contributed by atoms with Gasteiger partial charge in [-0.2, -0.15) is 0 Å². The molecule has 0 saturated carbocycles. The van der Waals surface area contributed by atoms with E-state index in [1.807, 2.05) is 6.07 Å². The molecule has 1 aromatic rings. The molecule has 1 rings (SSSR count). The standard InChI is InChI=1S/C9H12BrNO/c1-2-3-4-7-8(10)5-6-11-9(7)12/h5-6H,2-4H2,1H3,(H,11,12). The minimum absolute atomic E-state index is 0.0258. The Morgan fingerprint density at radius 3 is 2.92 bits per heavy atom. The maximum atomic E-state index is 11.3. The van der Waals surface area contributed by atoms with Crippen molar-refractivity contribution in [1.82, 2.24) is 4.98 Å². The Hall–Kier alpha value is -0.570. The molecular formula is C9H12BrNO. The molecule has 0 saturated heterocycles. The van der Waals surface area contributed by atoms with Crippen molar-refractivity contribution in [1.29, 1.82) is 0 Å². The Bertz CT molecular complexity index is 306. The van der Waals surface area contributed by atoms with Crippen LogP contribution >= 0.6 is 15.9 Å². The molecule has 66 valence electrons. The van der Waals surface area contributed by atoms with Gasteiger partial charge in [0.2, 0.25) is 0 Å². The summed E-state index contributed by atoms with van der Waals surface area (Å²) in [6.07, 6.45) is 4.68. The fourth-order valence-corrected chi connectivity index (χ4v) is 1.58. The lowest BCUT2D eigenvalue weighted by Gasteiger charge is -2.00. The third-order valence-corrected chi connectivity index (χ3v) is 2.53. The normalized spacial score (nSPS) is 10.2. The van der Waals surface area contributed by atoms with Crippen LogP contribution in [0.3, 0.4) is 0 Å². The van der Waals surface area contributed by atoms with Gasteiger partial charge in [0.25, 0.3) is 5.56 Å². The van der Waals surface area contributed by atoms with E-state index in [0.717, 1.165) is 29.3 Å². The second-order valence-electron chi connectivity index (χ2n) is 2.74. The molecule has 0 fully saturated rings. The van der Waals surface area contributed by atoms with Crippen LogP contribution in [0.1, 0.15) is 25.3 Å². The van der Waals surface area contributed by atoms with E-state index in [-0.39, 0.29) is 5.56 Å². The van der Waals surface area contributed by atoms with Gasteiger partial charge in [-0.15, -0.1) is 0 Å². The first-order chi connectivity index (χ1) is 5.75. The Morgan fingerprint density at radius 1 is 1.58 bits per heavy atom. The average Bonchev–Trinajstić information content (AvgIpc) is 2.04. The SMILES string of the molecule is CCCCc1c(Br)cc[nH]c1=O. The third kappa shape index (κ3) is 2.21. The number of unbranched alkanes of at least 4 members (excludes halogenated alkanes) is 1. The van der Waals surface area contributed by atoms with Crippen LogP contribution in [0.4, 0.5) is 0 Å². The van der Waals surface area contributed by atoms with Gasteiger partial charge >= 0.3 is 0 Å². The van der Waals surface area contributed by atoms with E-state index < -0.39 is 0 Å². The fourth-order valence-electron chi connectivity index (χ4n) is 1.07. The summed E-state index contributed by atoms with van der Waals surface area (Å²) in [5.41, 5.74) is 0.886. The van der Waals surface area contributed by atoms with E-state index in [1.165, 1.54) is 0 Å². The van der Waals surface area contributed by atoms with Crippen LogP contribution in [0.2, 0.25) is 0 Å². The van der Waals surface area contributed by atoms with Gasteiger partial charge in [-0.1, -0.05) is 29.3 Å². The summed E-state index contributed by atoms with van der Waals surface area (Å²) < 4.78 is 0.916. The molecule has 0 aliphatic heterocycles. The van der Waals surface area contributed by atoms with Crippen LogP contribution in [0.25, 0.3) is 0 Å². The zero-order valence-electron chi connectivity index (χ0n) is 7.06. The second kappa shape index (κ2) is 4.45. The summed E-state index contributed by atoms with van der Waals surface area (Å²) in [5, 5.41) is 0. The average molecular weight is 230 g/mol. The van der Waals surface area contributed by atoms with Gasteiger partial charge in [0.05, 0.1) is 0 Å². The molecule has 0 amide bonds. The van der Waals surface area contributed by atoms with Gasteiger partial charge in [-0.05, 0) is 18.9 Å². The van der Waals surface area contributed by atoms with E-state index in [2.05, 4.69) is 27.8 Å². The van der Waals surface area contributed by atoms with E-state index >= 15 is 0 Å². The highest BCUT2D eigenvalue weighted by molar-refractivity contribution is 9.10. The molecule has 0 radical (unpaired) electrons. The molecule has 0 spiro atoms. The summed E-state index contributed by atoms with van der Waals surface area (Å²) in [7, 11) is 0. The summed E-state index contributed by atoms with van der Waals surface area (Å²) >= 11 is 3.36. The minimum atomic E-state index is 0.0258. The first-order valence-corrected chi connectivity index (χ1v) is 4.91.